The van der Waals surface area contributed by atoms with Gasteiger partial charge in [-0.25, -0.2) is 0 Å². The molecule has 1 saturated heterocycles. The second-order valence-corrected chi connectivity index (χ2v) is 7.56. The highest BCUT2D eigenvalue weighted by Gasteiger charge is 2.44. The number of phenolic OH excluding ortho intramolecular Hbond substituents is 5. The highest BCUT2D eigenvalue weighted by atomic mass is 16.7. The molecule has 0 bridgehead atoms. The molecule has 1 aromatic heterocycles. The number of phenols is 5. The zero-order chi connectivity index (χ0) is 24.2. The number of aromatic hydroxyl groups is 5. The molecule has 1 fully saturated rings. The van der Waals surface area contributed by atoms with Crippen LogP contribution in [0.2, 0.25) is 0 Å². The molecular formula is C21H20O12. The van der Waals surface area contributed by atoms with E-state index in [9.17, 15) is 45.6 Å². The van der Waals surface area contributed by atoms with Crippen LogP contribution < -0.4 is 10.2 Å². The molecule has 33 heavy (non-hydrogen) atoms. The number of ether oxygens (including phenoxy) is 2. The summed E-state index contributed by atoms with van der Waals surface area (Å²) in [5, 5.41) is 78.9. The Kier molecular flexibility index (Phi) is 5.46. The number of fused-ring (bicyclic) bond motifs is 1. The second kappa shape index (κ2) is 8.01. The Morgan fingerprint density at radius 1 is 0.848 bits per heavy atom. The molecule has 1 aliphatic rings. The third kappa shape index (κ3) is 3.64. The van der Waals surface area contributed by atoms with Gasteiger partial charge in [0.15, 0.2) is 28.8 Å². The lowest BCUT2D eigenvalue weighted by Crippen LogP contribution is -2.58. The Balaban J connectivity index is 1.95. The second-order valence-electron chi connectivity index (χ2n) is 7.56. The molecule has 0 unspecified atom stereocenters. The van der Waals surface area contributed by atoms with Crippen molar-refractivity contribution in [3.8, 4) is 45.8 Å². The fourth-order valence-corrected chi connectivity index (χ4v) is 3.48. The predicted molar refractivity (Wildman–Crippen MR) is 109 cm³/mol. The first-order valence-corrected chi connectivity index (χ1v) is 9.64. The van der Waals surface area contributed by atoms with E-state index in [0.717, 1.165) is 18.2 Å². The third-order valence-electron chi connectivity index (χ3n) is 5.35. The van der Waals surface area contributed by atoms with Crippen molar-refractivity contribution in [2.24, 2.45) is 0 Å². The number of aliphatic hydroxyl groups is 3. The monoisotopic (exact) mass is 464 g/mol. The van der Waals surface area contributed by atoms with E-state index in [4.69, 9.17) is 13.9 Å². The number of benzene rings is 2. The number of hydrogen-bond donors (Lipinski definition) is 8. The van der Waals surface area contributed by atoms with E-state index >= 15 is 0 Å². The predicted octanol–water partition coefficient (Wildman–Crippen LogP) is 0.194. The fourth-order valence-electron chi connectivity index (χ4n) is 3.48. The first-order chi connectivity index (χ1) is 15.5. The number of rotatable bonds is 3. The number of aliphatic hydroxyl groups excluding tert-OH is 3. The van der Waals surface area contributed by atoms with Crippen LogP contribution in [0.4, 0.5) is 0 Å². The van der Waals surface area contributed by atoms with Gasteiger partial charge in [0.1, 0.15) is 29.3 Å². The maximum absolute atomic E-state index is 13.3. The van der Waals surface area contributed by atoms with Crippen LogP contribution in [0.3, 0.4) is 0 Å². The van der Waals surface area contributed by atoms with Crippen LogP contribution in [-0.4, -0.2) is 71.6 Å². The van der Waals surface area contributed by atoms with Gasteiger partial charge in [-0.3, -0.25) is 4.79 Å². The van der Waals surface area contributed by atoms with Gasteiger partial charge >= 0.3 is 0 Å². The maximum atomic E-state index is 13.3. The minimum atomic E-state index is -1.80. The molecule has 1 aliphatic heterocycles. The molecule has 5 atom stereocenters. The Bertz CT molecular complexity index is 1280. The van der Waals surface area contributed by atoms with Gasteiger partial charge in [-0.1, -0.05) is 0 Å². The van der Waals surface area contributed by atoms with Gasteiger partial charge in [-0.05, 0) is 25.1 Å². The van der Waals surface area contributed by atoms with Crippen molar-refractivity contribution in [3.63, 3.8) is 0 Å². The molecule has 8 N–H and O–H groups in total. The zero-order valence-electron chi connectivity index (χ0n) is 16.9. The molecule has 0 aliphatic carbocycles. The molecule has 0 saturated carbocycles. The molecule has 2 heterocycles. The summed E-state index contributed by atoms with van der Waals surface area (Å²) in [5.74, 6) is -4.84. The van der Waals surface area contributed by atoms with Crippen LogP contribution in [0, 0.1) is 0 Å². The van der Waals surface area contributed by atoms with Crippen molar-refractivity contribution >= 4 is 11.0 Å². The van der Waals surface area contributed by atoms with Gasteiger partial charge in [-0.15, -0.1) is 0 Å². The fraction of sp³-hybridized carbons (Fsp3) is 0.286. The molecular weight excluding hydrogens is 444 g/mol. The van der Waals surface area contributed by atoms with Crippen LogP contribution in [0.1, 0.15) is 6.92 Å². The van der Waals surface area contributed by atoms with E-state index in [-0.39, 0.29) is 16.9 Å². The van der Waals surface area contributed by atoms with Crippen LogP contribution in [-0.2, 0) is 4.74 Å². The van der Waals surface area contributed by atoms with Crippen LogP contribution in [0.5, 0.6) is 34.5 Å². The summed E-state index contributed by atoms with van der Waals surface area (Å²) in [4.78, 5) is 13.3. The van der Waals surface area contributed by atoms with Gasteiger partial charge < -0.3 is 54.7 Å². The van der Waals surface area contributed by atoms with E-state index in [1.165, 1.54) is 13.0 Å². The third-order valence-corrected chi connectivity index (χ3v) is 5.35. The SMILES string of the molecule is C[C@@H]1O[C@@H](Oc2c(-c3ccc(O)c(O)c3)oc3cc(O)c(O)c(O)c3c2=O)[C@H](O)[C@H](O)[C@H]1O. The van der Waals surface area contributed by atoms with Gasteiger partial charge in [0, 0.05) is 11.6 Å². The standard InChI is InChI=1S/C21H20O12/c1-6-13(25)17(29)18(30)21(31-6)33-20-16(28)12-11(5-10(24)14(26)15(12)27)32-19(20)7-2-3-8(22)9(23)4-7/h2-6,13,17-18,21-27,29-30H,1H3/t6-,13-,17+,18+,21-/m0/s1. The lowest BCUT2D eigenvalue weighted by atomic mass is 10.00. The lowest BCUT2D eigenvalue weighted by molar-refractivity contribution is -0.268. The van der Waals surface area contributed by atoms with E-state index < -0.39 is 76.0 Å². The first kappa shape index (κ1) is 22.5. The molecule has 12 nitrogen and oxygen atoms in total. The van der Waals surface area contributed by atoms with Crippen molar-refractivity contribution in [3.05, 3.63) is 34.5 Å². The van der Waals surface area contributed by atoms with Crippen molar-refractivity contribution in [1.82, 2.24) is 0 Å². The normalized spacial score (nSPS) is 25.3. The van der Waals surface area contributed by atoms with E-state index in [0.29, 0.717) is 0 Å². The molecule has 0 amide bonds. The van der Waals surface area contributed by atoms with E-state index in [1.807, 2.05) is 0 Å². The Labute approximate surface area is 184 Å². The highest BCUT2D eigenvalue weighted by Crippen LogP contribution is 2.43. The van der Waals surface area contributed by atoms with Crippen molar-refractivity contribution in [2.45, 2.75) is 37.6 Å². The average Bonchev–Trinajstić information content (AvgIpc) is 2.77. The van der Waals surface area contributed by atoms with Gasteiger partial charge in [0.25, 0.3) is 0 Å². The summed E-state index contributed by atoms with van der Waals surface area (Å²) >= 11 is 0. The first-order valence-electron chi connectivity index (χ1n) is 9.64. The van der Waals surface area contributed by atoms with Crippen molar-refractivity contribution in [1.29, 1.82) is 0 Å². The number of hydrogen-bond acceptors (Lipinski definition) is 12. The molecule has 4 rings (SSSR count). The molecule has 0 radical (unpaired) electrons. The highest BCUT2D eigenvalue weighted by molar-refractivity contribution is 5.91. The molecule has 176 valence electrons. The largest absolute Gasteiger partial charge is 0.504 e. The topological polar surface area (TPSA) is 211 Å². The maximum Gasteiger partial charge on any atom is 0.239 e. The summed E-state index contributed by atoms with van der Waals surface area (Å²) in [5.41, 5.74) is -1.42. The Morgan fingerprint density at radius 3 is 2.21 bits per heavy atom. The Hall–Kier alpha value is -3.71. The quantitative estimate of drug-likeness (QED) is 0.244. The van der Waals surface area contributed by atoms with Crippen LogP contribution in [0.15, 0.2) is 33.5 Å². The van der Waals surface area contributed by atoms with Crippen molar-refractivity contribution in [2.75, 3.05) is 0 Å². The van der Waals surface area contributed by atoms with Gasteiger partial charge in [-0.2, -0.15) is 0 Å². The molecule has 0 spiro atoms. The summed E-state index contributed by atoms with van der Waals surface area (Å²) in [6.45, 7) is 1.39. The average molecular weight is 464 g/mol. The minimum absolute atomic E-state index is 0.00489. The molecule has 12 heteroatoms. The Morgan fingerprint density at radius 2 is 1.55 bits per heavy atom. The van der Waals surface area contributed by atoms with Gasteiger partial charge in [0.2, 0.25) is 23.2 Å². The van der Waals surface area contributed by atoms with Gasteiger partial charge in [0.05, 0.1) is 6.10 Å². The zero-order valence-corrected chi connectivity index (χ0v) is 16.9. The molecule has 2 aromatic carbocycles. The lowest BCUT2D eigenvalue weighted by Gasteiger charge is -2.38. The summed E-state index contributed by atoms with van der Waals surface area (Å²) in [6, 6.07) is 4.25. The van der Waals surface area contributed by atoms with Crippen LogP contribution >= 0.6 is 0 Å². The van der Waals surface area contributed by atoms with E-state index in [1.54, 1.807) is 0 Å². The summed E-state index contributed by atoms with van der Waals surface area (Å²) in [6.07, 6.45) is -7.59. The smallest absolute Gasteiger partial charge is 0.239 e. The van der Waals surface area contributed by atoms with Crippen LogP contribution in [0.25, 0.3) is 22.3 Å². The molecule has 3 aromatic rings. The van der Waals surface area contributed by atoms with E-state index in [2.05, 4.69) is 0 Å². The summed E-state index contributed by atoms with van der Waals surface area (Å²) < 4.78 is 16.5. The summed E-state index contributed by atoms with van der Waals surface area (Å²) in [7, 11) is 0. The minimum Gasteiger partial charge on any atom is -0.504 e. The van der Waals surface area contributed by atoms with Crippen molar-refractivity contribution < 1.29 is 54.7 Å².